The molecule has 0 amide bonds. The Balaban J connectivity index is 1.74. The van der Waals surface area contributed by atoms with Gasteiger partial charge < -0.3 is 18.9 Å². The summed E-state index contributed by atoms with van der Waals surface area (Å²) in [5.74, 6) is 0.337. The lowest BCUT2D eigenvalue weighted by Crippen LogP contribution is -2.27. The van der Waals surface area contributed by atoms with Crippen LogP contribution in [0.2, 0.25) is 0 Å². The number of ether oxygens (including phenoxy) is 4. The van der Waals surface area contributed by atoms with Gasteiger partial charge in [-0.3, -0.25) is 0 Å². The first-order chi connectivity index (χ1) is 8.72. The molecule has 0 radical (unpaired) electrons. The summed E-state index contributed by atoms with van der Waals surface area (Å²) in [6.07, 6.45) is -0.539. The Morgan fingerprint density at radius 2 is 1.78 bits per heavy atom. The van der Waals surface area contributed by atoms with Crippen molar-refractivity contribution in [3.8, 4) is 0 Å². The molecule has 2 fully saturated rings. The zero-order valence-electron chi connectivity index (χ0n) is 10.3. The molecule has 2 unspecified atom stereocenters. The van der Waals surface area contributed by atoms with Crippen LogP contribution in [-0.2, 0) is 18.9 Å². The number of fused-ring (bicyclic) bond motifs is 1. The standard InChI is InChI=1S/C14H16O4/c1-9-4-3-5-11(6-9)14-17-12-7-15-10(2)16-8-13(12)18-14/h3-6,12-14H,2,7-8H2,1H3. The molecule has 2 saturated heterocycles. The molecule has 0 bridgehead atoms. The lowest BCUT2D eigenvalue weighted by Gasteiger charge is -2.13. The quantitative estimate of drug-likeness (QED) is 0.764. The van der Waals surface area contributed by atoms with E-state index in [1.807, 2.05) is 25.1 Å². The van der Waals surface area contributed by atoms with Gasteiger partial charge in [0.15, 0.2) is 6.29 Å². The van der Waals surface area contributed by atoms with Crippen molar-refractivity contribution in [3.63, 3.8) is 0 Å². The third-order valence-corrected chi connectivity index (χ3v) is 3.14. The average Bonchev–Trinajstić information content (AvgIpc) is 2.70. The van der Waals surface area contributed by atoms with Crippen LogP contribution in [0, 0.1) is 6.92 Å². The van der Waals surface area contributed by atoms with Gasteiger partial charge in [0, 0.05) is 5.56 Å². The van der Waals surface area contributed by atoms with Gasteiger partial charge in [-0.15, -0.1) is 0 Å². The van der Waals surface area contributed by atoms with Crippen molar-refractivity contribution in [1.29, 1.82) is 0 Å². The highest BCUT2D eigenvalue weighted by Crippen LogP contribution is 2.33. The second-order valence-corrected chi connectivity index (χ2v) is 4.59. The molecule has 2 heterocycles. The van der Waals surface area contributed by atoms with E-state index in [9.17, 15) is 0 Å². The molecule has 0 aliphatic carbocycles. The van der Waals surface area contributed by atoms with Crippen LogP contribution >= 0.6 is 0 Å². The average molecular weight is 248 g/mol. The molecule has 0 saturated carbocycles. The van der Waals surface area contributed by atoms with Crippen molar-refractivity contribution in [2.45, 2.75) is 25.4 Å². The van der Waals surface area contributed by atoms with Gasteiger partial charge in [-0.05, 0) is 13.5 Å². The minimum atomic E-state index is -0.335. The normalized spacial score (nSPS) is 31.2. The predicted molar refractivity (Wildman–Crippen MR) is 64.7 cm³/mol. The zero-order valence-corrected chi connectivity index (χ0v) is 10.3. The highest BCUT2D eigenvalue weighted by molar-refractivity contribution is 5.23. The fourth-order valence-electron chi connectivity index (χ4n) is 2.18. The topological polar surface area (TPSA) is 36.9 Å². The summed E-state index contributed by atoms with van der Waals surface area (Å²) in [6, 6.07) is 8.12. The molecule has 2 aliphatic heterocycles. The maximum absolute atomic E-state index is 5.87. The third-order valence-electron chi connectivity index (χ3n) is 3.14. The predicted octanol–water partition coefficient (Wildman–Crippen LogP) is 2.30. The van der Waals surface area contributed by atoms with E-state index in [0.29, 0.717) is 19.2 Å². The second-order valence-electron chi connectivity index (χ2n) is 4.59. The van der Waals surface area contributed by atoms with Crippen molar-refractivity contribution < 1.29 is 18.9 Å². The van der Waals surface area contributed by atoms with Gasteiger partial charge in [-0.25, -0.2) is 0 Å². The molecular weight excluding hydrogens is 232 g/mol. The molecule has 96 valence electrons. The summed E-state index contributed by atoms with van der Waals surface area (Å²) in [7, 11) is 0. The molecule has 3 rings (SSSR count). The van der Waals surface area contributed by atoms with Gasteiger partial charge in [-0.1, -0.05) is 29.8 Å². The fourth-order valence-corrected chi connectivity index (χ4v) is 2.18. The molecular formula is C14H16O4. The van der Waals surface area contributed by atoms with Crippen molar-refractivity contribution in [3.05, 3.63) is 47.9 Å². The van der Waals surface area contributed by atoms with Crippen LogP contribution < -0.4 is 0 Å². The minimum absolute atomic E-state index is 0.102. The number of benzene rings is 1. The number of rotatable bonds is 1. The van der Waals surface area contributed by atoms with E-state index in [1.54, 1.807) is 0 Å². The van der Waals surface area contributed by atoms with E-state index in [0.717, 1.165) is 5.56 Å². The summed E-state index contributed by atoms with van der Waals surface area (Å²) < 4.78 is 22.3. The minimum Gasteiger partial charge on any atom is -0.463 e. The summed E-state index contributed by atoms with van der Waals surface area (Å²) in [4.78, 5) is 0. The van der Waals surface area contributed by atoms with Gasteiger partial charge >= 0.3 is 0 Å². The first kappa shape index (κ1) is 11.6. The smallest absolute Gasteiger partial charge is 0.271 e. The molecule has 1 aromatic carbocycles. The summed E-state index contributed by atoms with van der Waals surface area (Å²) in [6.45, 7) is 6.53. The van der Waals surface area contributed by atoms with Gasteiger partial charge in [0.2, 0.25) is 0 Å². The Hall–Kier alpha value is -1.52. The third kappa shape index (κ3) is 2.21. The largest absolute Gasteiger partial charge is 0.463 e. The number of aryl methyl sites for hydroxylation is 1. The van der Waals surface area contributed by atoms with Crippen LogP contribution in [0.4, 0.5) is 0 Å². The molecule has 1 aromatic rings. The van der Waals surface area contributed by atoms with Crippen LogP contribution in [-0.4, -0.2) is 25.4 Å². The van der Waals surface area contributed by atoms with Crippen LogP contribution in [0.5, 0.6) is 0 Å². The maximum atomic E-state index is 5.87. The van der Waals surface area contributed by atoms with Crippen LogP contribution in [0.3, 0.4) is 0 Å². The molecule has 18 heavy (non-hydrogen) atoms. The summed E-state index contributed by atoms with van der Waals surface area (Å²) in [5, 5.41) is 0. The monoisotopic (exact) mass is 248 g/mol. The molecule has 2 atom stereocenters. The van der Waals surface area contributed by atoms with Gasteiger partial charge in [0.1, 0.15) is 25.4 Å². The van der Waals surface area contributed by atoms with Gasteiger partial charge in [-0.2, -0.15) is 0 Å². The maximum Gasteiger partial charge on any atom is 0.271 e. The van der Waals surface area contributed by atoms with E-state index in [1.165, 1.54) is 5.56 Å². The molecule has 0 N–H and O–H groups in total. The number of hydrogen-bond donors (Lipinski definition) is 0. The van der Waals surface area contributed by atoms with Crippen LogP contribution in [0.25, 0.3) is 0 Å². The lowest BCUT2D eigenvalue weighted by atomic mass is 10.1. The Labute approximate surface area is 106 Å². The molecule has 0 spiro atoms. The summed E-state index contributed by atoms with van der Waals surface area (Å²) in [5.41, 5.74) is 2.22. The molecule has 4 heteroatoms. The fraction of sp³-hybridized carbons (Fsp3) is 0.429. The summed E-state index contributed by atoms with van der Waals surface area (Å²) >= 11 is 0. The van der Waals surface area contributed by atoms with Gasteiger partial charge in [0.05, 0.1) is 0 Å². The van der Waals surface area contributed by atoms with Crippen LogP contribution in [0.15, 0.2) is 36.8 Å². The van der Waals surface area contributed by atoms with Crippen LogP contribution in [0.1, 0.15) is 17.4 Å². The number of hydrogen-bond acceptors (Lipinski definition) is 4. The zero-order chi connectivity index (χ0) is 12.5. The Morgan fingerprint density at radius 1 is 1.11 bits per heavy atom. The molecule has 2 aliphatic rings. The first-order valence-electron chi connectivity index (χ1n) is 6.04. The van der Waals surface area contributed by atoms with E-state index in [-0.39, 0.29) is 18.5 Å². The highest BCUT2D eigenvalue weighted by Gasteiger charge is 2.39. The van der Waals surface area contributed by atoms with Crippen molar-refractivity contribution in [2.24, 2.45) is 0 Å². The Bertz CT molecular complexity index is 439. The lowest BCUT2D eigenvalue weighted by molar-refractivity contribution is -0.0948. The SMILES string of the molecule is C=C1OCC2OC(c3cccc(C)c3)OC2CO1. The molecule has 0 aromatic heterocycles. The molecule has 4 nitrogen and oxygen atoms in total. The van der Waals surface area contributed by atoms with Crippen molar-refractivity contribution in [2.75, 3.05) is 13.2 Å². The van der Waals surface area contributed by atoms with Crippen molar-refractivity contribution >= 4 is 0 Å². The van der Waals surface area contributed by atoms with Gasteiger partial charge in [0.25, 0.3) is 5.95 Å². The first-order valence-corrected chi connectivity index (χ1v) is 6.04. The van der Waals surface area contributed by atoms with Crippen molar-refractivity contribution in [1.82, 2.24) is 0 Å². The Morgan fingerprint density at radius 3 is 2.39 bits per heavy atom. The van der Waals surface area contributed by atoms with E-state index in [2.05, 4.69) is 12.6 Å². The second kappa shape index (κ2) is 4.63. The van der Waals surface area contributed by atoms with E-state index >= 15 is 0 Å². The van der Waals surface area contributed by atoms with E-state index in [4.69, 9.17) is 18.9 Å². The highest BCUT2D eigenvalue weighted by atomic mass is 16.8. The van der Waals surface area contributed by atoms with E-state index < -0.39 is 0 Å². The Kier molecular flexibility index (Phi) is 2.97.